The Balaban J connectivity index is 2.09. The maximum atomic E-state index is 13.7. The third kappa shape index (κ3) is 4.26. The van der Waals surface area contributed by atoms with E-state index in [1.807, 2.05) is 0 Å². The number of hydrogen-bond donors (Lipinski definition) is 1. The van der Waals surface area contributed by atoms with E-state index in [4.69, 9.17) is 28.3 Å². The summed E-state index contributed by atoms with van der Waals surface area (Å²) in [7, 11) is -8.30. The van der Waals surface area contributed by atoms with Gasteiger partial charge >= 0.3 is 0 Å². The second kappa shape index (κ2) is 7.51. The van der Waals surface area contributed by atoms with Crippen molar-refractivity contribution in [1.82, 2.24) is 4.31 Å². The molecule has 2 aromatic rings. The van der Waals surface area contributed by atoms with E-state index in [9.17, 15) is 21.2 Å². The minimum absolute atomic E-state index is 0.141. The van der Waals surface area contributed by atoms with Crippen LogP contribution >= 0.6 is 35.0 Å². The minimum Gasteiger partial charge on any atom is -0.225 e. The molecule has 0 aromatic heterocycles. The van der Waals surface area contributed by atoms with Gasteiger partial charge in [-0.2, -0.15) is 4.31 Å². The smallest absolute Gasteiger partial charge is 0.225 e. The highest BCUT2D eigenvalue weighted by Gasteiger charge is 2.38. The van der Waals surface area contributed by atoms with Gasteiger partial charge in [-0.1, -0.05) is 23.2 Å². The quantitative estimate of drug-likeness (QED) is 0.739. The molecule has 1 heterocycles. The van der Waals surface area contributed by atoms with E-state index in [2.05, 4.69) is 0 Å². The second-order valence-electron chi connectivity index (χ2n) is 5.68. The molecular weight excluding hydrogens is 458 g/mol. The van der Waals surface area contributed by atoms with Crippen molar-refractivity contribution in [3.63, 3.8) is 0 Å². The van der Waals surface area contributed by atoms with Gasteiger partial charge in [0, 0.05) is 17.3 Å². The number of sulfonamides is 2. The van der Waals surface area contributed by atoms with Gasteiger partial charge in [0.2, 0.25) is 20.0 Å². The number of rotatable bonds is 4. The van der Waals surface area contributed by atoms with Gasteiger partial charge in [-0.3, -0.25) is 0 Å². The fourth-order valence-electron chi connectivity index (χ4n) is 2.67. The normalized spacial score (nSPS) is 18.7. The van der Waals surface area contributed by atoms with Crippen LogP contribution in [0.2, 0.25) is 10.0 Å². The van der Waals surface area contributed by atoms with Crippen molar-refractivity contribution in [3.05, 3.63) is 57.8 Å². The lowest BCUT2D eigenvalue weighted by molar-refractivity contribution is 0.433. The highest BCUT2D eigenvalue weighted by Crippen LogP contribution is 2.43. The molecular formula is C15H13Cl2FN2O4S3. The van der Waals surface area contributed by atoms with Gasteiger partial charge in [-0.15, -0.1) is 11.8 Å². The molecule has 1 unspecified atom stereocenters. The molecule has 146 valence electrons. The zero-order chi connectivity index (χ0) is 20.0. The highest BCUT2D eigenvalue weighted by molar-refractivity contribution is 8.01. The van der Waals surface area contributed by atoms with Crippen molar-refractivity contribution >= 4 is 55.0 Å². The molecule has 2 N–H and O–H groups in total. The predicted octanol–water partition coefficient (Wildman–Crippen LogP) is 3.22. The average molecular weight is 471 g/mol. The summed E-state index contributed by atoms with van der Waals surface area (Å²) in [6.45, 7) is 0.141. The fraction of sp³-hybridized carbons (Fsp3) is 0.200. The van der Waals surface area contributed by atoms with E-state index >= 15 is 0 Å². The number of nitrogens with zero attached hydrogens (tertiary/aromatic N) is 1. The summed E-state index contributed by atoms with van der Waals surface area (Å²) in [6, 6.07) is 7.02. The largest absolute Gasteiger partial charge is 0.245 e. The lowest BCUT2D eigenvalue weighted by Gasteiger charge is -2.24. The number of primary sulfonamides is 1. The van der Waals surface area contributed by atoms with E-state index < -0.39 is 31.2 Å². The molecule has 0 amide bonds. The Kier molecular flexibility index (Phi) is 5.80. The van der Waals surface area contributed by atoms with Gasteiger partial charge in [-0.05, 0) is 42.0 Å². The Morgan fingerprint density at radius 3 is 2.44 bits per heavy atom. The minimum atomic E-state index is -4.18. The molecule has 0 aliphatic carbocycles. The Labute approximate surface area is 170 Å². The zero-order valence-corrected chi connectivity index (χ0v) is 17.4. The van der Waals surface area contributed by atoms with Crippen LogP contribution in [-0.4, -0.2) is 33.4 Å². The van der Waals surface area contributed by atoms with E-state index in [1.165, 1.54) is 23.9 Å². The van der Waals surface area contributed by atoms with Crippen molar-refractivity contribution < 1.29 is 21.2 Å². The summed E-state index contributed by atoms with van der Waals surface area (Å²) in [6.07, 6.45) is 0. The zero-order valence-electron chi connectivity index (χ0n) is 13.5. The van der Waals surface area contributed by atoms with Crippen molar-refractivity contribution in [2.75, 3.05) is 12.3 Å². The molecule has 1 aliphatic rings. The summed E-state index contributed by atoms with van der Waals surface area (Å²) in [4.78, 5) is -0.756. The van der Waals surface area contributed by atoms with E-state index in [0.717, 1.165) is 28.6 Å². The van der Waals surface area contributed by atoms with Crippen LogP contribution in [0.3, 0.4) is 0 Å². The predicted molar refractivity (Wildman–Crippen MR) is 103 cm³/mol. The molecule has 0 radical (unpaired) electrons. The van der Waals surface area contributed by atoms with Crippen LogP contribution in [0.5, 0.6) is 0 Å². The number of benzene rings is 2. The standard InChI is InChI=1S/C15H13Cl2FN2O4S3/c16-10-5-9(6-11(18)7-10)15-20(3-4-25-15)27(23,24)14-8-12(26(19,21)22)1-2-13(14)17/h1-2,5-8,15H,3-4H2,(H2,19,21,22). The second-order valence-corrected chi connectivity index (χ2v) is 11.1. The molecule has 1 saturated heterocycles. The van der Waals surface area contributed by atoms with Crippen LogP contribution in [0.25, 0.3) is 0 Å². The molecule has 1 fully saturated rings. The topological polar surface area (TPSA) is 97.5 Å². The molecule has 2 aromatic carbocycles. The first kappa shape index (κ1) is 20.8. The molecule has 1 aliphatic heterocycles. The first-order valence-corrected chi connectivity index (χ1v) is 12.2. The maximum absolute atomic E-state index is 13.7. The Morgan fingerprint density at radius 1 is 1.11 bits per heavy atom. The number of hydrogen-bond acceptors (Lipinski definition) is 5. The number of halogens is 3. The summed E-state index contributed by atoms with van der Waals surface area (Å²) in [5.41, 5.74) is 0.379. The monoisotopic (exact) mass is 470 g/mol. The van der Waals surface area contributed by atoms with Crippen LogP contribution in [-0.2, 0) is 20.0 Å². The van der Waals surface area contributed by atoms with Gasteiger partial charge in [0.05, 0.1) is 15.3 Å². The molecule has 0 spiro atoms. The Morgan fingerprint density at radius 2 is 1.81 bits per heavy atom. The highest BCUT2D eigenvalue weighted by atomic mass is 35.5. The Bertz CT molecular complexity index is 1090. The summed E-state index contributed by atoms with van der Waals surface area (Å²) in [5, 5.41) is 4.36. The van der Waals surface area contributed by atoms with E-state index in [-0.39, 0.29) is 26.4 Å². The maximum Gasteiger partial charge on any atom is 0.245 e. The first-order chi connectivity index (χ1) is 12.5. The molecule has 1 atom stereocenters. The van der Waals surface area contributed by atoms with Crippen LogP contribution in [0, 0.1) is 5.82 Å². The molecule has 3 rings (SSSR count). The summed E-state index contributed by atoms with van der Waals surface area (Å²) in [5.74, 6) is -0.124. The van der Waals surface area contributed by atoms with Crippen LogP contribution in [0.4, 0.5) is 4.39 Å². The van der Waals surface area contributed by atoms with Crippen LogP contribution < -0.4 is 5.14 Å². The van der Waals surface area contributed by atoms with E-state index in [0.29, 0.717) is 11.3 Å². The van der Waals surface area contributed by atoms with Crippen molar-refractivity contribution in [2.24, 2.45) is 5.14 Å². The number of thioether (sulfide) groups is 1. The first-order valence-electron chi connectivity index (χ1n) is 7.42. The van der Waals surface area contributed by atoms with Gasteiger partial charge in [0.25, 0.3) is 0 Å². The van der Waals surface area contributed by atoms with E-state index in [1.54, 1.807) is 0 Å². The number of nitrogens with two attached hydrogens (primary N) is 1. The Hall–Kier alpha value is -0.880. The molecule has 0 bridgehead atoms. The lowest BCUT2D eigenvalue weighted by atomic mass is 10.2. The van der Waals surface area contributed by atoms with Crippen LogP contribution in [0.15, 0.2) is 46.2 Å². The fourth-order valence-corrected chi connectivity index (χ4v) is 7.23. The van der Waals surface area contributed by atoms with Crippen LogP contribution in [0.1, 0.15) is 10.9 Å². The summed E-state index contributed by atoms with van der Waals surface area (Å²) < 4.78 is 64.3. The molecule has 0 saturated carbocycles. The lowest BCUT2D eigenvalue weighted by Crippen LogP contribution is -2.31. The van der Waals surface area contributed by atoms with Gasteiger partial charge in [-0.25, -0.2) is 26.4 Å². The van der Waals surface area contributed by atoms with Crippen molar-refractivity contribution in [1.29, 1.82) is 0 Å². The third-order valence-corrected chi connectivity index (χ3v) is 8.71. The van der Waals surface area contributed by atoms with Gasteiger partial charge < -0.3 is 0 Å². The SMILES string of the molecule is NS(=O)(=O)c1ccc(Cl)c(S(=O)(=O)N2CCSC2c2cc(F)cc(Cl)c2)c1. The molecule has 12 heteroatoms. The van der Waals surface area contributed by atoms with Gasteiger partial charge in [0.1, 0.15) is 10.7 Å². The summed E-state index contributed by atoms with van der Waals surface area (Å²) >= 11 is 13.2. The molecule has 6 nitrogen and oxygen atoms in total. The third-order valence-electron chi connectivity index (χ3n) is 3.84. The van der Waals surface area contributed by atoms with Crippen molar-refractivity contribution in [3.8, 4) is 0 Å². The van der Waals surface area contributed by atoms with Gasteiger partial charge in [0.15, 0.2) is 0 Å². The molecule has 27 heavy (non-hydrogen) atoms. The average Bonchev–Trinajstić information content (AvgIpc) is 3.03. The van der Waals surface area contributed by atoms with Crippen molar-refractivity contribution in [2.45, 2.75) is 15.2 Å².